The zero-order valence-electron chi connectivity index (χ0n) is 8.59. The molecule has 1 heterocycles. The number of aliphatic hydroxyl groups excluding tert-OH is 1. The summed E-state index contributed by atoms with van der Waals surface area (Å²) in [7, 11) is 0. The lowest BCUT2D eigenvalue weighted by molar-refractivity contribution is -0.125. The van der Waals surface area contributed by atoms with E-state index in [1.807, 2.05) is 0 Å². The van der Waals surface area contributed by atoms with Gasteiger partial charge in [0.25, 0.3) is 0 Å². The average molecular weight is 197 g/mol. The monoisotopic (exact) mass is 197 g/mol. The lowest BCUT2D eigenvalue weighted by Gasteiger charge is -2.38. The van der Waals surface area contributed by atoms with E-state index in [0.717, 1.165) is 25.7 Å². The van der Waals surface area contributed by atoms with E-state index in [-0.39, 0.29) is 24.0 Å². The highest BCUT2D eigenvalue weighted by molar-refractivity contribution is 5.77. The summed E-state index contributed by atoms with van der Waals surface area (Å²) in [5.74, 6) is 0.168. The van der Waals surface area contributed by atoms with Crippen molar-refractivity contribution in [2.24, 2.45) is 5.41 Å². The van der Waals surface area contributed by atoms with Crippen LogP contribution in [0.25, 0.3) is 0 Å². The fourth-order valence-corrected chi connectivity index (χ4v) is 2.96. The molecule has 2 aliphatic rings. The Labute approximate surface area is 84.9 Å². The van der Waals surface area contributed by atoms with Crippen LogP contribution in [0, 0.1) is 5.41 Å². The molecule has 2 rings (SSSR count). The molecular weight excluding hydrogens is 178 g/mol. The molecule has 3 heteroatoms. The molecule has 0 aromatic rings. The Balaban J connectivity index is 2.06. The molecular formula is C11H19NO2. The molecule has 1 unspecified atom stereocenters. The van der Waals surface area contributed by atoms with Crippen molar-refractivity contribution in [1.82, 2.24) is 5.32 Å². The number of piperidine rings is 1. The molecule has 1 aliphatic carbocycles. The molecule has 0 aromatic heterocycles. The largest absolute Gasteiger partial charge is 0.396 e. The smallest absolute Gasteiger partial charge is 0.220 e. The van der Waals surface area contributed by atoms with Gasteiger partial charge in [0.15, 0.2) is 0 Å². The second-order valence-electron chi connectivity index (χ2n) is 4.74. The van der Waals surface area contributed by atoms with Crippen LogP contribution in [0.15, 0.2) is 0 Å². The fourth-order valence-electron chi connectivity index (χ4n) is 2.96. The standard InChI is InChI=1S/C11H19NO2/c13-8-11(6-1-2-7-11)9-4-3-5-10(14)12-9/h9,13H,1-8H2,(H,12,14). The van der Waals surface area contributed by atoms with Gasteiger partial charge in [-0.1, -0.05) is 12.8 Å². The average Bonchev–Trinajstić information content (AvgIpc) is 2.67. The zero-order chi connectivity index (χ0) is 10.0. The molecule has 1 saturated carbocycles. The Morgan fingerprint density at radius 2 is 2.07 bits per heavy atom. The molecule has 0 radical (unpaired) electrons. The first-order valence-corrected chi connectivity index (χ1v) is 5.67. The zero-order valence-corrected chi connectivity index (χ0v) is 8.59. The van der Waals surface area contributed by atoms with E-state index in [1.54, 1.807) is 0 Å². The predicted octanol–water partition coefficient (Wildman–Crippen LogP) is 1.21. The molecule has 2 fully saturated rings. The quantitative estimate of drug-likeness (QED) is 0.699. The van der Waals surface area contributed by atoms with Gasteiger partial charge in [-0.3, -0.25) is 4.79 Å². The number of carbonyl (C=O) groups is 1. The van der Waals surface area contributed by atoms with Crippen LogP contribution in [0.5, 0.6) is 0 Å². The van der Waals surface area contributed by atoms with E-state index in [2.05, 4.69) is 5.32 Å². The van der Waals surface area contributed by atoms with Crippen molar-refractivity contribution in [2.45, 2.75) is 51.0 Å². The van der Waals surface area contributed by atoms with Gasteiger partial charge < -0.3 is 10.4 Å². The van der Waals surface area contributed by atoms with E-state index >= 15 is 0 Å². The van der Waals surface area contributed by atoms with Crippen molar-refractivity contribution in [3.8, 4) is 0 Å². The summed E-state index contributed by atoms with van der Waals surface area (Å²) < 4.78 is 0. The van der Waals surface area contributed by atoms with E-state index < -0.39 is 0 Å². The van der Waals surface area contributed by atoms with Crippen LogP contribution in [0.2, 0.25) is 0 Å². The van der Waals surface area contributed by atoms with Crippen molar-refractivity contribution in [3.05, 3.63) is 0 Å². The maximum Gasteiger partial charge on any atom is 0.220 e. The molecule has 1 aliphatic heterocycles. The summed E-state index contributed by atoms with van der Waals surface area (Å²) in [4.78, 5) is 11.3. The Hall–Kier alpha value is -0.570. The lowest BCUT2D eigenvalue weighted by Crippen LogP contribution is -2.50. The van der Waals surface area contributed by atoms with Gasteiger partial charge in [-0.15, -0.1) is 0 Å². The van der Waals surface area contributed by atoms with Crippen LogP contribution >= 0.6 is 0 Å². The third kappa shape index (κ3) is 1.65. The van der Waals surface area contributed by atoms with Crippen LogP contribution < -0.4 is 5.32 Å². The highest BCUT2D eigenvalue weighted by atomic mass is 16.3. The maximum atomic E-state index is 11.3. The summed E-state index contributed by atoms with van der Waals surface area (Å²) in [6, 6.07) is 0.233. The highest BCUT2D eigenvalue weighted by Crippen LogP contribution is 2.42. The summed E-state index contributed by atoms with van der Waals surface area (Å²) >= 11 is 0. The second kappa shape index (κ2) is 3.89. The van der Waals surface area contributed by atoms with E-state index in [0.29, 0.717) is 6.42 Å². The van der Waals surface area contributed by atoms with Gasteiger partial charge in [-0.05, 0) is 25.7 Å². The third-order valence-electron chi connectivity index (χ3n) is 3.89. The molecule has 2 N–H and O–H groups in total. The number of aliphatic hydroxyl groups is 1. The second-order valence-corrected chi connectivity index (χ2v) is 4.74. The van der Waals surface area contributed by atoms with Crippen molar-refractivity contribution >= 4 is 5.91 Å². The van der Waals surface area contributed by atoms with Gasteiger partial charge in [-0.25, -0.2) is 0 Å². The van der Waals surface area contributed by atoms with Crippen molar-refractivity contribution < 1.29 is 9.90 Å². The molecule has 1 atom stereocenters. The number of amides is 1. The van der Waals surface area contributed by atoms with Crippen LogP contribution in [-0.2, 0) is 4.79 Å². The Morgan fingerprint density at radius 3 is 2.64 bits per heavy atom. The molecule has 80 valence electrons. The van der Waals surface area contributed by atoms with E-state index in [1.165, 1.54) is 12.8 Å². The summed E-state index contributed by atoms with van der Waals surface area (Å²) in [6.07, 6.45) is 7.26. The first-order valence-electron chi connectivity index (χ1n) is 5.67. The van der Waals surface area contributed by atoms with Gasteiger partial charge in [-0.2, -0.15) is 0 Å². The van der Waals surface area contributed by atoms with Gasteiger partial charge in [0.1, 0.15) is 0 Å². The Kier molecular flexibility index (Phi) is 2.77. The van der Waals surface area contributed by atoms with Gasteiger partial charge in [0, 0.05) is 17.9 Å². The summed E-state index contributed by atoms with van der Waals surface area (Å²) in [6.45, 7) is 0.234. The number of rotatable bonds is 2. The molecule has 3 nitrogen and oxygen atoms in total. The van der Waals surface area contributed by atoms with Crippen molar-refractivity contribution in [2.75, 3.05) is 6.61 Å². The predicted molar refractivity (Wildman–Crippen MR) is 53.8 cm³/mol. The Bertz CT molecular complexity index is 221. The molecule has 1 amide bonds. The molecule has 0 spiro atoms. The van der Waals surface area contributed by atoms with Crippen LogP contribution in [0.4, 0.5) is 0 Å². The minimum atomic E-state index is 0.0100. The molecule has 14 heavy (non-hydrogen) atoms. The number of nitrogens with one attached hydrogen (secondary N) is 1. The number of hydrogen-bond donors (Lipinski definition) is 2. The normalized spacial score (nSPS) is 31.5. The van der Waals surface area contributed by atoms with Gasteiger partial charge >= 0.3 is 0 Å². The third-order valence-corrected chi connectivity index (χ3v) is 3.89. The molecule has 1 saturated heterocycles. The fraction of sp³-hybridized carbons (Fsp3) is 0.909. The van der Waals surface area contributed by atoms with Crippen molar-refractivity contribution in [1.29, 1.82) is 0 Å². The van der Waals surface area contributed by atoms with Crippen LogP contribution in [0.3, 0.4) is 0 Å². The first-order chi connectivity index (χ1) is 6.77. The van der Waals surface area contributed by atoms with Gasteiger partial charge in [0.2, 0.25) is 5.91 Å². The molecule has 0 bridgehead atoms. The molecule has 0 aromatic carbocycles. The minimum absolute atomic E-state index is 0.0100. The number of carbonyl (C=O) groups excluding carboxylic acids is 1. The van der Waals surface area contributed by atoms with Crippen LogP contribution in [-0.4, -0.2) is 23.7 Å². The van der Waals surface area contributed by atoms with E-state index in [4.69, 9.17) is 0 Å². The summed E-state index contributed by atoms with van der Waals surface area (Å²) in [5.41, 5.74) is 0.0100. The van der Waals surface area contributed by atoms with Crippen molar-refractivity contribution in [3.63, 3.8) is 0 Å². The SMILES string of the molecule is O=C1CCCC(C2(CO)CCCC2)N1. The minimum Gasteiger partial charge on any atom is -0.396 e. The Morgan fingerprint density at radius 1 is 1.36 bits per heavy atom. The maximum absolute atomic E-state index is 11.3. The van der Waals surface area contributed by atoms with E-state index in [9.17, 15) is 9.90 Å². The number of hydrogen-bond acceptors (Lipinski definition) is 2. The lowest BCUT2D eigenvalue weighted by atomic mass is 9.76. The first kappa shape index (κ1) is 9.97. The summed E-state index contributed by atoms with van der Waals surface area (Å²) in [5, 5.41) is 12.6. The van der Waals surface area contributed by atoms with Crippen LogP contribution in [0.1, 0.15) is 44.9 Å². The highest BCUT2D eigenvalue weighted by Gasteiger charge is 2.42. The topological polar surface area (TPSA) is 49.3 Å². The van der Waals surface area contributed by atoms with Gasteiger partial charge in [0.05, 0.1) is 6.61 Å².